The van der Waals surface area contributed by atoms with Crippen LogP contribution in [0, 0.1) is 11.3 Å². The first kappa shape index (κ1) is 13.2. The highest BCUT2D eigenvalue weighted by atomic mass is 19.4. The van der Waals surface area contributed by atoms with Crippen LogP contribution < -0.4 is 0 Å². The first-order chi connectivity index (χ1) is 7.57. The van der Waals surface area contributed by atoms with Crippen molar-refractivity contribution in [3.8, 4) is 11.8 Å². The zero-order valence-electron chi connectivity index (χ0n) is 7.82. The van der Waals surface area contributed by atoms with Gasteiger partial charge in [0.1, 0.15) is 11.3 Å². The molecular formula is C9H3F6NO. The van der Waals surface area contributed by atoms with Gasteiger partial charge in [-0.2, -0.15) is 31.6 Å². The van der Waals surface area contributed by atoms with Crippen molar-refractivity contribution in [1.82, 2.24) is 0 Å². The number of hydrogen-bond acceptors (Lipinski definition) is 2. The Balaban J connectivity index is 3.65. The van der Waals surface area contributed by atoms with E-state index in [9.17, 15) is 26.3 Å². The quantitative estimate of drug-likeness (QED) is 0.723. The molecule has 17 heavy (non-hydrogen) atoms. The maximum absolute atomic E-state index is 12.4. The lowest BCUT2D eigenvalue weighted by atomic mass is 10.0. The molecule has 1 rings (SSSR count). The van der Waals surface area contributed by atoms with E-state index in [1.165, 1.54) is 6.07 Å². The molecule has 1 aromatic carbocycles. The minimum absolute atomic E-state index is 0.0442. The van der Waals surface area contributed by atoms with E-state index in [1.54, 1.807) is 0 Å². The van der Waals surface area contributed by atoms with Gasteiger partial charge in [-0.3, -0.25) is 0 Å². The summed E-state index contributed by atoms with van der Waals surface area (Å²) in [7, 11) is 0. The fourth-order valence-electron chi connectivity index (χ4n) is 1.21. The van der Waals surface area contributed by atoms with Gasteiger partial charge in [0.2, 0.25) is 0 Å². The van der Waals surface area contributed by atoms with Gasteiger partial charge in [0.05, 0.1) is 17.2 Å². The van der Waals surface area contributed by atoms with Crippen molar-refractivity contribution in [3.05, 3.63) is 28.8 Å². The monoisotopic (exact) mass is 255 g/mol. The van der Waals surface area contributed by atoms with Crippen molar-refractivity contribution in [2.24, 2.45) is 0 Å². The van der Waals surface area contributed by atoms with Crippen molar-refractivity contribution in [2.45, 2.75) is 12.4 Å². The molecule has 0 aromatic heterocycles. The third-order valence-corrected chi connectivity index (χ3v) is 1.84. The Hall–Kier alpha value is -1.91. The molecule has 0 spiro atoms. The van der Waals surface area contributed by atoms with Crippen molar-refractivity contribution in [1.29, 1.82) is 5.26 Å². The lowest BCUT2D eigenvalue weighted by Crippen LogP contribution is -2.17. The number of hydrogen-bond donors (Lipinski definition) is 1. The van der Waals surface area contributed by atoms with Crippen LogP contribution in [0.5, 0.6) is 5.75 Å². The van der Waals surface area contributed by atoms with Crippen LogP contribution in [-0.2, 0) is 12.4 Å². The Labute approximate surface area is 90.7 Å². The molecule has 0 aliphatic heterocycles. The van der Waals surface area contributed by atoms with Gasteiger partial charge >= 0.3 is 12.4 Å². The van der Waals surface area contributed by atoms with E-state index in [4.69, 9.17) is 10.4 Å². The second-order valence-electron chi connectivity index (χ2n) is 3.03. The number of benzene rings is 1. The molecule has 0 unspecified atom stereocenters. The molecule has 0 amide bonds. The second kappa shape index (κ2) is 3.84. The standard InChI is InChI=1S/C9H3F6NO/c10-8(11,12)5-1-4(3-16)2-6(17)7(5)9(13,14)15/h1-2,17H. The lowest BCUT2D eigenvalue weighted by molar-refractivity contribution is -0.163. The number of phenols is 1. The molecule has 0 radical (unpaired) electrons. The Morgan fingerprint density at radius 3 is 1.88 bits per heavy atom. The van der Waals surface area contributed by atoms with Crippen molar-refractivity contribution in [2.75, 3.05) is 0 Å². The fourth-order valence-corrected chi connectivity index (χ4v) is 1.21. The van der Waals surface area contributed by atoms with E-state index in [2.05, 4.69) is 0 Å². The molecule has 0 saturated carbocycles. The lowest BCUT2D eigenvalue weighted by Gasteiger charge is -2.16. The van der Waals surface area contributed by atoms with Crippen LogP contribution in [0.25, 0.3) is 0 Å². The smallest absolute Gasteiger partial charge is 0.420 e. The topological polar surface area (TPSA) is 44.0 Å². The predicted molar refractivity (Wildman–Crippen MR) is 42.8 cm³/mol. The molecular weight excluding hydrogens is 252 g/mol. The Kier molecular flexibility index (Phi) is 2.97. The van der Waals surface area contributed by atoms with E-state index in [0.717, 1.165) is 0 Å². The number of rotatable bonds is 0. The van der Waals surface area contributed by atoms with E-state index < -0.39 is 34.8 Å². The van der Waals surface area contributed by atoms with Gasteiger partial charge in [-0.25, -0.2) is 0 Å². The van der Waals surface area contributed by atoms with Crippen LogP contribution >= 0.6 is 0 Å². The molecule has 0 atom stereocenters. The van der Waals surface area contributed by atoms with Gasteiger partial charge < -0.3 is 5.11 Å². The molecule has 92 valence electrons. The van der Waals surface area contributed by atoms with E-state index in [1.807, 2.05) is 0 Å². The summed E-state index contributed by atoms with van der Waals surface area (Å²) in [5.41, 5.74) is -4.98. The number of alkyl halides is 6. The van der Waals surface area contributed by atoms with Crippen LogP contribution in [0.1, 0.15) is 16.7 Å². The van der Waals surface area contributed by atoms with Crippen molar-refractivity contribution >= 4 is 0 Å². The highest BCUT2D eigenvalue weighted by Crippen LogP contribution is 2.44. The molecule has 0 bridgehead atoms. The fraction of sp³-hybridized carbons (Fsp3) is 0.222. The molecule has 0 aliphatic carbocycles. The first-order valence-corrected chi connectivity index (χ1v) is 3.99. The largest absolute Gasteiger partial charge is 0.507 e. The number of phenolic OH excluding ortho intramolecular Hbond substituents is 1. The maximum atomic E-state index is 12.4. The molecule has 0 saturated heterocycles. The number of halogens is 6. The summed E-state index contributed by atoms with van der Waals surface area (Å²) in [5, 5.41) is 17.3. The van der Waals surface area contributed by atoms with E-state index >= 15 is 0 Å². The van der Waals surface area contributed by atoms with Gasteiger partial charge in [-0.1, -0.05) is 0 Å². The summed E-state index contributed by atoms with van der Waals surface area (Å²) in [6.45, 7) is 0. The van der Waals surface area contributed by atoms with Gasteiger partial charge in [-0.05, 0) is 12.1 Å². The first-order valence-electron chi connectivity index (χ1n) is 3.99. The summed E-state index contributed by atoms with van der Waals surface area (Å²) >= 11 is 0. The average molecular weight is 255 g/mol. The van der Waals surface area contributed by atoms with E-state index in [0.29, 0.717) is 6.07 Å². The highest BCUT2D eigenvalue weighted by molar-refractivity contribution is 5.49. The predicted octanol–water partition coefficient (Wildman–Crippen LogP) is 3.30. The van der Waals surface area contributed by atoms with Gasteiger partial charge in [0.15, 0.2) is 0 Å². The maximum Gasteiger partial charge on any atom is 0.420 e. The summed E-state index contributed by atoms with van der Waals surface area (Å²) in [6.07, 6.45) is -10.7. The highest BCUT2D eigenvalue weighted by Gasteiger charge is 2.45. The SMILES string of the molecule is N#Cc1cc(O)c(C(F)(F)F)c(C(F)(F)F)c1. The number of aromatic hydroxyl groups is 1. The van der Waals surface area contributed by atoms with Crippen molar-refractivity contribution < 1.29 is 31.4 Å². The minimum atomic E-state index is -5.36. The number of nitrogens with zero attached hydrogens (tertiary/aromatic N) is 1. The van der Waals surface area contributed by atoms with Crippen LogP contribution in [-0.4, -0.2) is 5.11 Å². The molecule has 0 aliphatic rings. The molecule has 0 fully saturated rings. The second-order valence-corrected chi connectivity index (χ2v) is 3.03. The minimum Gasteiger partial charge on any atom is -0.507 e. The van der Waals surface area contributed by atoms with E-state index in [-0.39, 0.29) is 6.07 Å². The average Bonchev–Trinajstić information content (AvgIpc) is 2.12. The Bertz CT molecular complexity index is 482. The van der Waals surface area contributed by atoms with Crippen LogP contribution in [0.4, 0.5) is 26.3 Å². The summed E-state index contributed by atoms with van der Waals surface area (Å²) in [6, 6.07) is 1.61. The Morgan fingerprint density at radius 1 is 1.00 bits per heavy atom. The van der Waals surface area contributed by atoms with Gasteiger partial charge in [0, 0.05) is 0 Å². The summed E-state index contributed by atoms with van der Waals surface area (Å²) < 4.78 is 74.1. The van der Waals surface area contributed by atoms with Crippen LogP contribution in [0.15, 0.2) is 12.1 Å². The van der Waals surface area contributed by atoms with Crippen molar-refractivity contribution in [3.63, 3.8) is 0 Å². The summed E-state index contributed by atoms with van der Waals surface area (Å²) in [4.78, 5) is 0. The molecule has 1 aromatic rings. The third-order valence-electron chi connectivity index (χ3n) is 1.84. The molecule has 2 nitrogen and oxygen atoms in total. The molecule has 1 N–H and O–H groups in total. The van der Waals surface area contributed by atoms with Crippen LogP contribution in [0.2, 0.25) is 0 Å². The zero-order chi connectivity index (χ0) is 13.4. The number of nitriles is 1. The molecule has 0 heterocycles. The van der Waals surface area contributed by atoms with Crippen LogP contribution in [0.3, 0.4) is 0 Å². The van der Waals surface area contributed by atoms with Gasteiger partial charge in [0.25, 0.3) is 0 Å². The summed E-state index contributed by atoms with van der Waals surface area (Å²) in [5.74, 6) is -1.62. The normalized spacial score (nSPS) is 12.3. The molecule has 8 heteroatoms. The third kappa shape index (κ3) is 2.61. The zero-order valence-corrected chi connectivity index (χ0v) is 7.82. The Morgan fingerprint density at radius 2 is 1.53 bits per heavy atom. The van der Waals surface area contributed by atoms with Gasteiger partial charge in [-0.15, -0.1) is 0 Å².